The molecule has 2 heterocycles. The molecule has 140 valence electrons. The van der Waals surface area contributed by atoms with Crippen LogP contribution in [0.15, 0.2) is 41.4 Å². The van der Waals surface area contributed by atoms with E-state index in [4.69, 9.17) is 4.74 Å². The number of likely N-dealkylation sites (tertiary alicyclic amines) is 1. The Morgan fingerprint density at radius 2 is 2.04 bits per heavy atom. The molecular weight excluding hydrogens is 354 g/mol. The molecule has 8 heteroatoms. The van der Waals surface area contributed by atoms with Crippen molar-refractivity contribution in [1.29, 1.82) is 0 Å². The Hall–Kier alpha value is -2.48. The third kappa shape index (κ3) is 4.19. The van der Waals surface area contributed by atoms with Crippen molar-refractivity contribution in [2.24, 2.45) is 0 Å². The highest BCUT2D eigenvalue weighted by atomic mass is 32.2. The van der Waals surface area contributed by atoms with Gasteiger partial charge in [-0.25, -0.2) is 8.42 Å². The maximum absolute atomic E-state index is 12.6. The van der Waals surface area contributed by atoms with Crippen molar-refractivity contribution < 1.29 is 17.9 Å². The largest absolute Gasteiger partial charge is 0.494 e. The van der Waals surface area contributed by atoms with Gasteiger partial charge in [-0.1, -0.05) is 13.0 Å². The Kier molecular flexibility index (Phi) is 5.51. The van der Waals surface area contributed by atoms with E-state index in [1.54, 1.807) is 29.2 Å². The van der Waals surface area contributed by atoms with Crippen LogP contribution in [0.5, 0.6) is 5.75 Å². The Labute approximate surface area is 153 Å². The van der Waals surface area contributed by atoms with Gasteiger partial charge in [0.05, 0.1) is 12.3 Å². The number of sulfonamides is 1. The Morgan fingerprint density at radius 3 is 2.77 bits per heavy atom. The lowest BCUT2D eigenvalue weighted by atomic mass is 10.3. The molecule has 1 aliphatic rings. The van der Waals surface area contributed by atoms with Gasteiger partial charge in [0.15, 0.2) is 0 Å². The average molecular weight is 377 g/mol. The van der Waals surface area contributed by atoms with Crippen LogP contribution in [0.1, 0.15) is 36.7 Å². The molecule has 3 rings (SSSR count). The van der Waals surface area contributed by atoms with Crippen molar-refractivity contribution in [3.63, 3.8) is 0 Å². The van der Waals surface area contributed by atoms with E-state index in [0.717, 1.165) is 19.3 Å². The molecule has 0 unspecified atom stereocenters. The predicted molar refractivity (Wildman–Crippen MR) is 99.0 cm³/mol. The first-order chi connectivity index (χ1) is 12.5. The molecule has 0 aliphatic carbocycles. The van der Waals surface area contributed by atoms with E-state index in [0.29, 0.717) is 31.1 Å². The van der Waals surface area contributed by atoms with Gasteiger partial charge in [0.2, 0.25) is 0 Å². The summed E-state index contributed by atoms with van der Waals surface area (Å²) >= 11 is 0. The second kappa shape index (κ2) is 7.82. The number of amides is 1. The SMILES string of the molecule is CCCOc1cccc(NS(=O)(=O)c2c[nH]c(C(=O)N3CCCC3)c2)c1. The summed E-state index contributed by atoms with van der Waals surface area (Å²) in [6.07, 6.45) is 4.17. The van der Waals surface area contributed by atoms with Crippen molar-refractivity contribution in [2.45, 2.75) is 31.1 Å². The minimum absolute atomic E-state index is 0.0277. The number of aromatic amines is 1. The molecule has 1 fully saturated rings. The summed E-state index contributed by atoms with van der Waals surface area (Å²) in [7, 11) is -3.79. The van der Waals surface area contributed by atoms with Crippen LogP contribution in [0.25, 0.3) is 0 Å². The van der Waals surface area contributed by atoms with E-state index in [9.17, 15) is 13.2 Å². The first-order valence-electron chi connectivity index (χ1n) is 8.73. The zero-order valence-corrected chi connectivity index (χ0v) is 15.5. The number of benzene rings is 1. The smallest absolute Gasteiger partial charge is 0.270 e. The van der Waals surface area contributed by atoms with E-state index < -0.39 is 10.0 Å². The molecule has 0 saturated carbocycles. The van der Waals surface area contributed by atoms with Crippen LogP contribution < -0.4 is 9.46 Å². The quantitative estimate of drug-likeness (QED) is 0.776. The van der Waals surface area contributed by atoms with Crippen molar-refractivity contribution in [3.05, 3.63) is 42.2 Å². The van der Waals surface area contributed by atoms with E-state index in [-0.39, 0.29) is 16.5 Å². The number of nitrogens with one attached hydrogen (secondary N) is 2. The van der Waals surface area contributed by atoms with Crippen molar-refractivity contribution in [3.8, 4) is 5.75 Å². The molecule has 1 aromatic carbocycles. The summed E-state index contributed by atoms with van der Waals surface area (Å²) in [6, 6.07) is 8.16. The monoisotopic (exact) mass is 377 g/mol. The standard InChI is InChI=1S/C18H23N3O4S/c1-2-10-25-15-7-5-6-14(11-15)20-26(23,24)16-12-17(19-13-16)18(22)21-8-3-4-9-21/h5-7,11-13,19-20H,2-4,8-10H2,1H3. The van der Waals surface area contributed by atoms with Crippen molar-refractivity contribution in [1.82, 2.24) is 9.88 Å². The molecule has 1 amide bonds. The zero-order chi connectivity index (χ0) is 18.6. The number of hydrogen-bond acceptors (Lipinski definition) is 4. The van der Waals surface area contributed by atoms with Crippen LogP contribution in [0, 0.1) is 0 Å². The van der Waals surface area contributed by atoms with Crippen LogP contribution in [0.3, 0.4) is 0 Å². The van der Waals surface area contributed by atoms with Gasteiger partial charge >= 0.3 is 0 Å². The van der Waals surface area contributed by atoms with Gasteiger partial charge in [-0.3, -0.25) is 9.52 Å². The Morgan fingerprint density at radius 1 is 1.27 bits per heavy atom. The second-order valence-corrected chi connectivity index (χ2v) is 7.91. The highest BCUT2D eigenvalue weighted by Gasteiger charge is 2.23. The summed E-state index contributed by atoms with van der Waals surface area (Å²) in [4.78, 5) is 16.9. The molecule has 1 saturated heterocycles. The summed E-state index contributed by atoms with van der Waals surface area (Å²) in [5, 5.41) is 0. The number of aromatic nitrogens is 1. The van der Waals surface area contributed by atoms with Gasteiger partial charge in [0, 0.05) is 25.4 Å². The average Bonchev–Trinajstić information content (AvgIpc) is 3.31. The maximum atomic E-state index is 12.6. The Balaban J connectivity index is 1.73. The van der Waals surface area contributed by atoms with E-state index in [1.807, 2.05) is 6.92 Å². The lowest BCUT2D eigenvalue weighted by Crippen LogP contribution is -2.27. The summed E-state index contributed by atoms with van der Waals surface area (Å²) < 4.78 is 33.2. The van der Waals surface area contributed by atoms with Crippen LogP contribution in [-0.4, -0.2) is 43.9 Å². The van der Waals surface area contributed by atoms with Crippen molar-refractivity contribution >= 4 is 21.6 Å². The highest BCUT2D eigenvalue weighted by Crippen LogP contribution is 2.22. The lowest BCUT2D eigenvalue weighted by molar-refractivity contribution is 0.0787. The fourth-order valence-corrected chi connectivity index (χ4v) is 3.87. The molecule has 2 N–H and O–H groups in total. The third-order valence-corrected chi connectivity index (χ3v) is 5.51. The number of nitrogens with zero attached hydrogens (tertiary/aromatic N) is 1. The predicted octanol–water partition coefficient (Wildman–Crippen LogP) is 2.84. The number of anilines is 1. The topological polar surface area (TPSA) is 91.5 Å². The minimum atomic E-state index is -3.79. The van der Waals surface area contributed by atoms with E-state index in [1.165, 1.54) is 12.3 Å². The van der Waals surface area contributed by atoms with Gasteiger partial charge < -0.3 is 14.6 Å². The minimum Gasteiger partial charge on any atom is -0.494 e. The van der Waals surface area contributed by atoms with Crippen LogP contribution in [0.4, 0.5) is 5.69 Å². The van der Waals surface area contributed by atoms with E-state index in [2.05, 4.69) is 9.71 Å². The molecule has 7 nitrogen and oxygen atoms in total. The first-order valence-corrected chi connectivity index (χ1v) is 10.2. The fraction of sp³-hybridized carbons (Fsp3) is 0.389. The normalized spacial score (nSPS) is 14.4. The summed E-state index contributed by atoms with van der Waals surface area (Å²) in [6.45, 7) is 3.99. The van der Waals surface area contributed by atoms with Crippen molar-refractivity contribution in [2.75, 3.05) is 24.4 Å². The third-order valence-electron chi connectivity index (χ3n) is 4.15. The molecule has 1 aromatic heterocycles. The van der Waals surface area contributed by atoms with Crippen LogP contribution >= 0.6 is 0 Å². The molecule has 2 aromatic rings. The number of carbonyl (C=O) groups excluding carboxylic acids is 1. The molecular formula is C18H23N3O4S. The van der Waals surface area contributed by atoms with Crippen LogP contribution in [0.2, 0.25) is 0 Å². The summed E-state index contributed by atoms with van der Waals surface area (Å²) in [5.74, 6) is 0.435. The molecule has 1 aliphatic heterocycles. The molecule has 0 bridgehead atoms. The number of rotatable bonds is 7. The van der Waals surface area contributed by atoms with Gasteiger partial charge in [-0.05, 0) is 37.5 Å². The number of carbonyl (C=O) groups is 1. The first kappa shape index (κ1) is 18.3. The lowest BCUT2D eigenvalue weighted by Gasteiger charge is -2.13. The van der Waals surface area contributed by atoms with E-state index >= 15 is 0 Å². The van der Waals surface area contributed by atoms with Gasteiger partial charge in [-0.15, -0.1) is 0 Å². The number of ether oxygens (including phenoxy) is 1. The molecule has 0 spiro atoms. The van der Waals surface area contributed by atoms with Gasteiger partial charge in [0.25, 0.3) is 15.9 Å². The summed E-state index contributed by atoms with van der Waals surface area (Å²) in [5.41, 5.74) is 0.694. The maximum Gasteiger partial charge on any atom is 0.270 e. The van der Waals surface area contributed by atoms with Crippen LogP contribution in [-0.2, 0) is 10.0 Å². The zero-order valence-electron chi connectivity index (χ0n) is 14.7. The van der Waals surface area contributed by atoms with Gasteiger partial charge in [-0.2, -0.15) is 0 Å². The second-order valence-electron chi connectivity index (χ2n) is 6.23. The van der Waals surface area contributed by atoms with Gasteiger partial charge in [0.1, 0.15) is 16.3 Å². The fourth-order valence-electron chi connectivity index (χ4n) is 2.83. The number of H-pyrrole nitrogens is 1. The highest BCUT2D eigenvalue weighted by molar-refractivity contribution is 7.92. The Bertz CT molecular complexity index is 870. The molecule has 0 atom stereocenters. The molecule has 0 radical (unpaired) electrons. The molecule has 26 heavy (non-hydrogen) atoms. The number of hydrogen-bond donors (Lipinski definition) is 2.